The van der Waals surface area contributed by atoms with Crippen LogP contribution in [0.1, 0.15) is 33.0 Å². The lowest BCUT2D eigenvalue weighted by Crippen LogP contribution is -2.10. The quantitative estimate of drug-likeness (QED) is 0.890. The third-order valence-corrected chi connectivity index (χ3v) is 4.93. The second-order valence-corrected chi connectivity index (χ2v) is 6.45. The molecule has 0 fully saturated rings. The second-order valence-electron chi connectivity index (χ2n) is 5.32. The molecule has 2 N–H and O–H groups in total. The van der Waals surface area contributed by atoms with Crippen molar-refractivity contribution in [1.82, 2.24) is 0 Å². The molecule has 0 spiro atoms. The largest absolute Gasteiger partial charge is 0.491 e. The van der Waals surface area contributed by atoms with Gasteiger partial charge in [0.2, 0.25) is 0 Å². The molecule has 3 rings (SSSR count). The first-order chi connectivity index (χ1) is 10.8. The van der Waals surface area contributed by atoms with Crippen molar-refractivity contribution in [2.45, 2.75) is 25.7 Å². The second kappa shape index (κ2) is 6.94. The Morgan fingerprint density at radius 2 is 2.00 bits per heavy atom. The van der Waals surface area contributed by atoms with Crippen molar-refractivity contribution in [1.29, 1.82) is 0 Å². The van der Waals surface area contributed by atoms with Gasteiger partial charge in [0, 0.05) is 10.6 Å². The van der Waals surface area contributed by atoms with Gasteiger partial charge >= 0.3 is 0 Å². The first kappa shape index (κ1) is 15.1. The van der Waals surface area contributed by atoms with Crippen molar-refractivity contribution >= 4 is 22.9 Å². The predicted octanol–water partition coefficient (Wildman–Crippen LogP) is 3.25. The van der Waals surface area contributed by atoms with Crippen molar-refractivity contribution in [3.05, 3.63) is 45.6 Å². The number of carbonyl (C=O) groups excluding carboxylic acids is 1. The van der Waals surface area contributed by atoms with E-state index >= 15 is 0 Å². The molecule has 0 unspecified atom stereocenters. The molecular formula is C17H19NO3S. The van der Waals surface area contributed by atoms with Crippen molar-refractivity contribution < 1.29 is 14.6 Å². The normalized spacial score (nSPS) is 13.5. The van der Waals surface area contributed by atoms with E-state index in [0.717, 1.165) is 23.4 Å². The summed E-state index contributed by atoms with van der Waals surface area (Å²) < 4.78 is 5.29. The minimum atomic E-state index is -0.0524. The number of aliphatic hydroxyl groups excluding tert-OH is 1. The molecule has 5 heteroatoms. The summed E-state index contributed by atoms with van der Waals surface area (Å²) in [5.41, 5.74) is 2.09. The van der Waals surface area contributed by atoms with Gasteiger partial charge in [-0.3, -0.25) is 4.79 Å². The zero-order valence-corrected chi connectivity index (χ0v) is 13.1. The zero-order chi connectivity index (χ0) is 15.4. The van der Waals surface area contributed by atoms with E-state index in [-0.39, 0.29) is 19.1 Å². The molecule has 116 valence electrons. The molecule has 1 aromatic carbocycles. The van der Waals surface area contributed by atoms with E-state index in [1.807, 2.05) is 6.07 Å². The number of benzene rings is 1. The Labute approximate surface area is 133 Å². The van der Waals surface area contributed by atoms with E-state index in [2.05, 4.69) is 5.32 Å². The van der Waals surface area contributed by atoms with Crippen molar-refractivity contribution in [2.75, 3.05) is 18.5 Å². The molecule has 1 aliphatic carbocycles. The predicted molar refractivity (Wildman–Crippen MR) is 87.9 cm³/mol. The van der Waals surface area contributed by atoms with Crippen molar-refractivity contribution in [3.8, 4) is 5.75 Å². The van der Waals surface area contributed by atoms with Crippen LogP contribution in [0.25, 0.3) is 0 Å². The first-order valence-corrected chi connectivity index (χ1v) is 8.34. The number of carbonyl (C=O) groups is 1. The standard InChI is InChI=1S/C17H19NO3S/c19-9-10-21-14-7-5-13(6-8-14)18-17(20)16-11-12-3-1-2-4-15(12)22-16/h5-8,11,19H,1-4,9-10H2,(H,18,20). The van der Waals surface area contributed by atoms with Crippen LogP contribution in [0, 0.1) is 0 Å². The highest BCUT2D eigenvalue weighted by Crippen LogP contribution is 2.30. The van der Waals surface area contributed by atoms with Crippen LogP contribution in [0.2, 0.25) is 0 Å². The Balaban J connectivity index is 1.64. The number of anilines is 1. The van der Waals surface area contributed by atoms with Crippen LogP contribution < -0.4 is 10.1 Å². The van der Waals surface area contributed by atoms with Gasteiger partial charge in [-0.2, -0.15) is 0 Å². The van der Waals surface area contributed by atoms with Gasteiger partial charge < -0.3 is 15.2 Å². The molecule has 0 atom stereocenters. The molecule has 0 bridgehead atoms. The van der Waals surface area contributed by atoms with Crippen molar-refractivity contribution in [2.24, 2.45) is 0 Å². The number of hydrogen-bond donors (Lipinski definition) is 2. The summed E-state index contributed by atoms with van der Waals surface area (Å²) in [6.07, 6.45) is 4.64. The summed E-state index contributed by atoms with van der Waals surface area (Å²) in [7, 11) is 0. The van der Waals surface area contributed by atoms with Gasteiger partial charge in [-0.05, 0) is 61.6 Å². The SMILES string of the molecule is O=C(Nc1ccc(OCCO)cc1)c1cc2c(s1)CCCC2. The summed E-state index contributed by atoms with van der Waals surface area (Å²) in [5, 5.41) is 11.6. The number of thiophene rings is 1. The summed E-state index contributed by atoms with van der Waals surface area (Å²) in [6, 6.07) is 9.21. The fourth-order valence-corrected chi connectivity index (χ4v) is 3.74. The molecule has 4 nitrogen and oxygen atoms in total. The van der Waals surface area contributed by atoms with E-state index in [4.69, 9.17) is 9.84 Å². The van der Waals surface area contributed by atoms with E-state index in [0.29, 0.717) is 5.75 Å². The molecule has 1 amide bonds. The van der Waals surface area contributed by atoms with E-state index < -0.39 is 0 Å². The number of hydrogen-bond acceptors (Lipinski definition) is 4. The molecular weight excluding hydrogens is 298 g/mol. The molecule has 1 aliphatic rings. The monoisotopic (exact) mass is 317 g/mol. The van der Waals surface area contributed by atoms with E-state index in [9.17, 15) is 4.79 Å². The highest BCUT2D eigenvalue weighted by molar-refractivity contribution is 7.14. The maximum Gasteiger partial charge on any atom is 0.265 e. The fourth-order valence-electron chi connectivity index (χ4n) is 2.59. The van der Waals surface area contributed by atoms with Gasteiger partial charge in [-0.15, -0.1) is 11.3 Å². The highest BCUT2D eigenvalue weighted by atomic mass is 32.1. The maximum atomic E-state index is 12.3. The minimum absolute atomic E-state index is 0.0124. The Kier molecular flexibility index (Phi) is 4.75. The number of aryl methyl sites for hydroxylation is 2. The molecule has 1 aromatic heterocycles. The smallest absolute Gasteiger partial charge is 0.265 e. The number of nitrogens with one attached hydrogen (secondary N) is 1. The molecule has 1 heterocycles. The van der Waals surface area contributed by atoms with Crippen LogP contribution in [-0.2, 0) is 12.8 Å². The summed E-state index contributed by atoms with van der Waals surface area (Å²) in [4.78, 5) is 14.5. The minimum Gasteiger partial charge on any atom is -0.491 e. The third kappa shape index (κ3) is 3.48. The average Bonchev–Trinajstić information content (AvgIpc) is 2.98. The van der Waals surface area contributed by atoms with Gasteiger partial charge in [0.15, 0.2) is 0 Å². The average molecular weight is 317 g/mol. The van der Waals surface area contributed by atoms with Crippen LogP contribution in [0.5, 0.6) is 5.75 Å². The zero-order valence-electron chi connectivity index (χ0n) is 12.3. The Bertz CT molecular complexity index is 625. The van der Waals surface area contributed by atoms with Gasteiger partial charge in [-0.25, -0.2) is 0 Å². The molecule has 0 saturated carbocycles. The third-order valence-electron chi connectivity index (χ3n) is 3.69. The van der Waals surface area contributed by atoms with Gasteiger partial charge in [0.1, 0.15) is 12.4 Å². The summed E-state index contributed by atoms with van der Waals surface area (Å²) in [6.45, 7) is 0.258. The number of amides is 1. The van der Waals surface area contributed by atoms with Gasteiger partial charge in [-0.1, -0.05) is 0 Å². The Morgan fingerprint density at radius 3 is 2.73 bits per heavy atom. The lowest BCUT2D eigenvalue weighted by molar-refractivity contribution is 0.103. The van der Waals surface area contributed by atoms with Gasteiger partial charge in [0.05, 0.1) is 11.5 Å². The van der Waals surface area contributed by atoms with Crippen LogP contribution in [0.4, 0.5) is 5.69 Å². The first-order valence-electron chi connectivity index (χ1n) is 7.53. The van der Waals surface area contributed by atoms with Crippen LogP contribution in [0.15, 0.2) is 30.3 Å². The van der Waals surface area contributed by atoms with Crippen LogP contribution >= 0.6 is 11.3 Å². The lowest BCUT2D eigenvalue weighted by Gasteiger charge is -2.08. The number of rotatable bonds is 5. The molecule has 0 aliphatic heterocycles. The topological polar surface area (TPSA) is 58.6 Å². The number of ether oxygens (including phenoxy) is 1. The van der Waals surface area contributed by atoms with Gasteiger partial charge in [0.25, 0.3) is 5.91 Å². The van der Waals surface area contributed by atoms with Crippen molar-refractivity contribution in [3.63, 3.8) is 0 Å². The number of fused-ring (bicyclic) bond motifs is 1. The number of aliphatic hydroxyl groups is 1. The Morgan fingerprint density at radius 1 is 1.23 bits per heavy atom. The fraction of sp³-hybridized carbons (Fsp3) is 0.353. The van der Waals surface area contributed by atoms with E-state index in [1.54, 1.807) is 35.6 Å². The molecule has 2 aromatic rings. The van der Waals surface area contributed by atoms with Crippen LogP contribution in [-0.4, -0.2) is 24.2 Å². The summed E-state index contributed by atoms with van der Waals surface area (Å²) in [5.74, 6) is 0.627. The molecule has 0 saturated heterocycles. The highest BCUT2D eigenvalue weighted by Gasteiger charge is 2.17. The Hall–Kier alpha value is -1.85. The molecule has 0 radical (unpaired) electrons. The molecule has 22 heavy (non-hydrogen) atoms. The lowest BCUT2D eigenvalue weighted by atomic mass is 9.99. The maximum absolute atomic E-state index is 12.3. The van der Waals surface area contributed by atoms with E-state index in [1.165, 1.54) is 23.3 Å². The summed E-state index contributed by atoms with van der Waals surface area (Å²) >= 11 is 1.61. The van der Waals surface area contributed by atoms with Crippen LogP contribution in [0.3, 0.4) is 0 Å².